The van der Waals surface area contributed by atoms with E-state index in [1.54, 1.807) is 31.2 Å². The van der Waals surface area contributed by atoms with Gasteiger partial charge >= 0.3 is 5.69 Å². The molecule has 1 heterocycles. The lowest BCUT2D eigenvalue weighted by atomic mass is 10.1. The average Bonchev–Trinajstić information content (AvgIpc) is 2.75. The van der Waals surface area contributed by atoms with Gasteiger partial charge in [0.25, 0.3) is 11.5 Å². The van der Waals surface area contributed by atoms with Crippen LogP contribution in [0.2, 0.25) is 5.02 Å². The first-order chi connectivity index (χ1) is 14.4. The highest BCUT2D eigenvalue weighted by Gasteiger charge is 2.23. The maximum absolute atomic E-state index is 13.2. The number of nitrogens with zero attached hydrogens (tertiary/aromatic N) is 3. The van der Waals surface area contributed by atoms with Crippen molar-refractivity contribution in [2.24, 2.45) is 0 Å². The third-order valence-electron chi connectivity index (χ3n) is 4.56. The molecule has 0 spiro atoms. The number of benzene rings is 2. The van der Waals surface area contributed by atoms with E-state index in [9.17, 15) is 14.4 Å². The molecule has 9 heteroatoms. The van der Waals surface area contributed by atoms with Gasteiger partial charge in [-0.25, -0.2) is 9.36 Å². The van der Waals surface area contributed by atoms with Crippen LogP contribution in [0.15, 0.2) is 64.2 Å². The Hall–Kier alpha value is -3.23. The standard InChI is InChI=1S/C21H21ClN4O4/c1-14(15-6-4-3-5-7-15)25-20(28)18(19(27)23-12-13-30-2)24-26(21(25)29)17-10-8-16(22)9-11-17/h3-11,14H,12-13H2,1-2H3,(H,23,27)/t14-/m1/s1. The second kappa shape index (κ2) is 9.51. The van der Waals surface area contributed by atoms with Crippen LogP contribution >= 0.6 is 11.6 Å². The van der Waals surface area contributed by atoms with E-state index in [0.29, 0.717) is 10.7 Å². The number of hydrogen-bond donors (Lipinski definition) is 1. The summed E-state index contributed by atoms with van der Waals surface area (Å²) in [7, 11) is 1.50. The maximum atomic E-state index is 13.2. The Balaban J connectivity index is 2.19. The third-order valence-corrected chi connectivity index (χ3v) is 4.81. The van der Waals surface area contributed by atoms with Crippen LogP contribution < -0.4 is 16.6 Å². The van der Waals surface area contributed by atoms with Crippen LogP contribution in [-0.4, -0.2) is 40.5 Å². The number of halogens is 1. The first kappa shape index (κ1) is 21.5. The molecule has 0 unspecified atom stereocenters. The molecular formula is C21H21ClN4O4. The Morgan fingerprint density at radius 1 is 1.13 bits per heavy atom. The van der Waals surface area contributed by atoms with E-state index in [1.165, 1.54) is 7.11 Å². The van der Waals surface area contributed by atoms with Crippen molar-refractivity contribution in [3.8, 4) is 5.69 Å². The zero-order chi connectivity index (χ0) is 21.7. The lowest BCUT2D eigenvalue weighted by molar-refractivity contribution is 0.0927. The minimum Gasteiger partial charge on any atom is -0.383 e. The molecular weight excluding hydrogens is 408 g/mol. The molecule has 2 aromatic carbocycles. The van der Waals surface area contributed by atoms with Gasteiger partial charge in [0, 0.05) is 18.7 Å². The van der Waals surface area contributed by atoms with Crippen molar-refractivity contribution in [1.29, 1.82) is 0 Å². The van der Waals surface area contributed by atoms with Gasteiger partial charge in [-0.05, 0) is 36.8 Å². The van der Waals surface area contributed by atoms with Crippen LogP contribution in [0.5, 0.6) is 0 Å². The summed E-state index contributed by atoms with van der Waals surface area (Å²) in [6, 6.07) is 14.8. The minimum atomic E-state index is -0.767. The highest BCUT2D eigenvalue weighted by molar-refractivity contribution is 6.30. The number of rotatable bonds is 7. The number of hydrogen-bond acceptors (Lipinski definition) is 5. The van der Waals surface area contributed by atoms with E-state index in [4.69, 9.17) is 16.3 Å². The average molecular weight is 429 g/mol. The van der Waals surface area contributed by atoms with Crippen molar-refractivity contribution in [1.82, 2.24) is 19.7 Å². The lowest BCUT2D eigenvalue weighted by Crippen LogP contribution is -2.47. The van der Waals surface area contributed by atoms with Crippen molar-refractivity contribution < 1.29 is 9.53 Å². The highest BCUT2D eigenvalue weighted by atomic mass is 35.5. The molecule has 0 aliphatic carbocycles. The molecule has 0 saturated carbocycles. The van der Waals surface area contributed by atoms with Crippen LogP contribution in [0.25, 0.3) is 5.69 Å². The Kier molecular flexibility index (Phi) is 6.81. The molecule has 8 nitrogen and oxygen atoms in total. The Morgan fingerprint density at radius 2 is 1.80 bits per heavy atom. The van der Waals surface area contributed by atoms with Crippen LogP contribution in [0, 0.1) is 0 Å². The van der Waals surface area contributed by atoms with E-state index in [2.05, 4.69) is 10.4 Å². The molecule has 3 rings (SSSR count). The van der Waals surface area contributed by atoms with Gasteiger partial charge in [0.2, 0.25) is 5.69 Å². The number of carbonyl (C=O) groups excluding carboxylic acids is 1. The van der Waals surface area contributed by atoms with Crippen molar-refractivity contribution in [3.05, 3.63) is 91.7 Å². The fourth-order valence-electron chi connectivity index (χ4n) is 2.95. The predicted octanol–water partition coefficient (Wildman–Crippen LogP) is 2.03. The van der Waals surface area contributed by atoms with Gasteiger partial charge in [0.1, 0.15) is 0 Å². The molecule has 0 saturated heterocycles. The number of aromatic nitrogens is 3. The molecule has 0 radical (unpaired) electrons. The van der Waals surface area contributed by atoms with Gasteiger partial charge in [-0.3, -0.25) is 9.59 Å². The Labute approximate surface area is 177 Å². The highest BCUT2D eigenvalue weighted by Crippen LogP contribution is 2.15. The fourth-order valence-corrected chi connectivity index (χ4v) is 3.08. The molecule has 1 aromatic heterocycles. The number of amides is 1. The SMILES string of the molecule is COCCNC(=O)c1nn(-c2ccc(Cl)cc2)c(=O)n([C@H](C)c2ccccc2)c1=O. The number of carbonyl (C=O) groups is 1. The van der Waals surface area contributed by atoms with Crippen molar-refractivity contribution in [2.45, 2.75) is 13.0 Å². The summed E-state index contributed by atoms with van der Waals surface area (Å²) in [5.41, 5.74) is -0.687. The summed E-state index contributed by atoms with van der Waals surface area (Å²) in [6.45, 7) is 2.19. The minimum absolute atomic E-state index is 0.199. The summed E-state index contributed by atoms with van der Waals surface area (Å²) in [6.07, 6.45) is 0. The number of nitrogens with one attached hydrogen (secondary N) is 1. The zero-order valence-electron chi connectivity index (χ0n) is 16.5. The Bertz CT molecular complexity index is 1140. The molecule has 0 bridgehead atoms. The van der Waals surface area contributed by atoms with Crippen LogP contribution in [0.4, 0.5) is 0 Å². The van der Waals surface area contributed by atoms with Gasteiger partial charge in [-0.1, -0.05) is 41.9 Å². The van der Waals surface area contributed by atoms with Gasteiger partial charge in [0.05, 0.1) is 18.3 Å². The molecule has 0 fully saturated rings. The second-order valence-electron chi connectivity index (χ2n) is 6.53. The predicted molar refractivity (Wildman–Crippen MR) is 114 cm³/mol. The van der Waals surface area contributed by atoms with Crippen LogP contribution in [-0.2, 0) is 4.74 Å². The maximum Gasteiger partial charge on any atom is 0.352 e. The van der Waals surface area contributed by atoms with E-state index < -0.39 is 23.2 Å². The molecule has 1 amide bonds. The van der Waals surface area contributed by atoms with Crippen LogP contribution in [0.3, 0.4) is 0 Å². The summed E-state index contributed by atoms with van der Waals surface area (Å²) >= 11 is 5.94. The first-order valence-electron chi connectivity index (χ1n) is 9.28. The number of ether oxygens (including phenoxy) is 1. The monoisotopic (exact) mass is 428 g/mol. The molecule has 156 valence electrons. The molecule has 30 heavy (non-hydrogen) atoms. The van der Waals surface area contributed by atoms with E-state index in [1.807, 2.05) is 30.3 Å². The summed E-state index contributed by atoms with van der Waals surface area (Å²) < 4.78 is 6.98. The molecule has 3 aromatic rings. The van der Waals surface area contributed by atoms with Gasteiger partial charge < -0.3 is 10.1 Å². The van der Waals surface area contributed by atoms with Crippen LogP contribution in [0.1, 0.15) is 29.0 Å². The first-order valence-corrected chi connectivity index (χ1v) is 9.65. The molecule has 1 atom stereocenters. The van der Waals surface area contributed by atoms with E-state index in [-0.39, 0.29) is 18.8 Å². The fraction of sp³-hybridized carbons (Fsp3) is 0.238. The lowest BCUT2D eigenvalue weighted by Gasteiger charge is -2.17. The summed E-state index contributed by atoms with van der Waals surface area (Å²) in [5, 5.41) is 7.12. The Morgan fingerprint density at radius 3 is 2.43 bits per heavy atom. The van der Waals surface area contributed by atoms with Gasteiger partial charge in [-0.15, -0.1) is 0 Å². The third kappa shape index (κ3) is 4.50. The number of methoxy groups -OCH3 is 1. The summed E-state index contributed by atoms with van der Waals surface area (Å²) in [4.78, 5) is 38.9. The van der Waals surface area contributed by atoms with E-state index >= 15 is 0 Å². The summed E-state index contributed by atoms with van der Waals surface area (Å²) in [5.74, 6) is -0.686. The molecule has 0 aliphatic heterocycles. The molecule has 0 aliphatic rings. The smallest absolute Gasteiger partial charge is 0.352 e. The quantitative estimate of drug-likeness (QED) is 0.581. The largest absolute Gasteiger partial charge is 0.383 e. The second-order valence-corrected chi connectivity index (χ2v) is 6.97. The van der Waals surface area contributed by atoms with E-state index in [0.717, 1.165) is 14.8 Å². The topological polar surface area (TPSA) is 95.2 Å². The van der Waals surface area contributed by atoms with Crippen molar-refractivity contribution in [2.75, 3.05) is 20.3 Å². The van der Waals surface area contributed by atoms with Gasteiger partial charge in [0.15, 0.2) is 0 Å². The van der Waals surface area contributed by atoms with Crippen molar-refractivity contribution >= 4 is 17.5 Å². The van der Waals surface area contributed by atoms with Crippen molar-refractivity contribution in [3.63, 3.8) is 0 Å². The zero-order valence-corrected chi connectivity index (χ0v) is 17.3. The van der Waals surface area contributed by atoms with Gasteiger partial charge in [-0.2, -0.15) is 9.78 Å². The molecule has 1 N–H and O–H groups in total. The normalized spacial score (nSPS) is 11.8.